The Hall–Kier alpha value is -1.36. The van der Waals surface area contributed by atoms with E-state index in [1.165, 1.54) is 0 Å². The van der Waals surface area contributed by atoms with E-state index in [9.17, 15) is 4.79 Å². The van der Waals surface area contributed by atoms with E-state index in [4.69, 9.17) is 4.74 Å². The number of carbonyl (C=O) groups excluding carboxylic acids is 1. The highest BCUT2D eigenvalue weighted by atomic mass is 79.9. The van der Waals surface area contributed by atoms with Gasteiger partial charge in [-0.1, -0.05) is 15.9 Å². The molecule has 2 aromatic rings. The predicted molar refractivity (Wildman–Crippen MR) is 68.7 cm³/mol. The molecule has 0 bridgehead atoms. The van der Waals surface area contributed by atoms with Crippen molar-refractivity contribution in [2.75, 3.05) is 6.61 Å². The number of aryl methyl sites for hydroxylation is 1. The van der Waals surface area contributed by atoms with Crippen molar-refractivity contribution in [1.29, 1.82) is 0 Å². The Bertz CT molecular complexity index is 536. The zero-order chi connectivity index (χ0) is 12.3. The highest BCUT2D eigenvalue weighted by molar-refractivity contribution is 9.10. The van der Waals surface area contributed by atoms with Crippen LogP contribution in [-0.2, 0) is 16.1 Å². The van der Waals surface area contributed by atoms with E-state index in [2.05, 4.69) is 21.0 Å². The largest absolute Gasteiger partial charge is 0.466 e. The van der Waals surface area contributed by atoms with Crippen LogP contribution in [0.3, 0.4) is 0 Å². The second kappa shape index (κ2) is 5.31. The molecule has 2 rings (SSSR count). The van der Waals surface area contributed by atoms with Crippen LogP contribution in [0, 0.1) is 0 Å². The van der Waals surface area contributed by atoms with Crippen molar-refractivity contribution in [3.63, 3.8) is 0 Å². The van der Waals surface area contributed by atoms with Crippen molar-refractivity contribution < 1.29 is 9.53 Å². The summed E-state index contributed by atoms with van der Waals surface area (Å²) in [6, 6.07) is 5.95. The molecule has 0 aliphatic carbocycles. The second-order valence-electron chi connectivity index (χ2n) is 3.63. The van der Waals surface area contributed by atoms with Crippen molar-refractivity contribution >= 4 is 32.8 Å². The van der Waals surface area contributed by atoms with Gasteiger partial charge in [0.2, 0.25) is 0 Å². The maximum atomic E-state index is 11.3. The first-order chi connectivity index (χ1) is 8.20. The van der Waals surface area contributed by atoms with Crippen LogP contribution in [-0.4, -0.2) is 22.4 Å². The van der Waals surface area contributed by atoms with Crippen molar-refractivity contribution in [1.82, 2.24) is 9.78 Å². The lowest BCUT2D eigenvalue weighted by molar-refractivity contribution is -0.143. The number of hydrogen-bond acceptors (Lipinski definition) is 3. The molecular weight excluding hydrogens is 284 g/mol. The van der Waals surface area contributed by atoms with Gasteiger partial charge in [0.05, 0.1) is 31.3 Å². The summed E-state index contributed by atoms with van der Waals surface area (Å²) in [6.45, 7) is 2.77. The van der Waals surface area contributed by atoms with Crippen LogP contribution >= 0.6 is 15.9 Å². The molecule has 0 fully saturated rings. The SMILES string of the molecule is CCOC(=O)CCn1ncc2cc(Br)ccc21. The molecule has 17 heavy (non-hydrogen) atoms. The zero-order valence-corrected chi connectivity index (χ0v) is 11.1. The van der Waals surface area contributed by atoms with Gasteiger partial charge in [-0.05, 0) is 25.1 Å². The number of esters is 1. The second-order valence-corrected chi connectivity index (χ2v) is 4.54. The van der Waals surface area contributed by atoms with Gasteiger partial charge in [-0.2, -0.15) is 5.10 Å². The lowest BCUT2D eigenvalue weighted by Gasteiger charge is -2.03. The van der Waals surface area contributed by atoms with Crippen LogP contribution < -0.4 is 0 Å². The average Bonchev–Trinajstić information content (AvgIpc) is 2.69. The van der Waals surface area contributed by atoms with Gasteiger partial charge in [0.1, 0.15) is 0 Å². The standard InChI is InChI=1S/C12H13BrN2O2/c1-2-17-12(16)5-6-15-11-4-3-10(13)7-9(11)8-14-15/h3-4,7-8H,2,5-6H2,1H3. The Morgan fingerprint density at radius 2 is 2.35 bits per heavy atom. The summed E-state index contributed by atoms with van der Waals surface area (Å²) in [5.41, 5.74) is 1.03. The molecule has 90 valence electrons. The van der Waals surface area contributed by atoms with E-state index < -0.39 is 0 Å². The van der Waals surface area contributed by atoms with E-state index in [0.29, 0.717) is 19.6 Å². The Balaban J connectivity index is 2.11. The van der Waals surface area contributed by atoms with Gasteiger partial charge < -0.3 is 4.74 Å². The molecule has 0 saturated carbocycles. The molecule has 0 saturated heterocycles. The first-order valence-corrected chi connectivity index (χ1v) is 6.26. The highest BCUT2D eigenvalue weighted by Crippen LogP contribution is 2.19. The quantitative estimate of drug-likeness (QED) is 0.815. The minimum absolute atomic E-state index is 0.187. The van der Waals surface area contributed by atoms with Crippen LogP contribution in [0.5, 0.6) is 0 Å². The number of halogens is 1. The fourth-order valence-electron chi connectivity index (χ4n) is 1.67. The van der Waals surface area contributed by atoms with Crippen LogP contribution in [0.4, 0.5) is 0 Å². The maximum absolute atomic E-state index is 11.3. The van der Waals surface area contributed by atoms with E-state index >= 15 is 0 Å². The highest BCUT2D eigenvalue weighted by Gasteiger charge is 2.06. The summed E-state index contributed by atoms with van der Waals surface area (Å²) in [6.07, 6.45) is 2.14. The summed E-state index contributed by atoms with van der Waals surface area (Å²) in [5, 5.41) is 5.32. The zero-order valence-electron chi connectivity index (χ0n) is 9.52. The molecule has 1 aromatic heterocycles. The normalized spacial score (nSPS) is 10.7. The number of nitrogens with zero attached hydrogens (tertiary/aromatic N) is 2. The molecule has 0 unspecified atom stereocenters. The molecule has 0 aliphatic rings. The molecule has 0 N–H and O–H groups in total. The molecule has 1 heterocycles. The molecular formula is C12H13BrN2O2. The molecule has 0 aliphatic heterocycles. The van der Waals surface area contributed by atoms with Gasteiger partial charge in [-0.3, -0.25) is 9.48 Å². The summed E-state index contributed by atoms with van der Waals surface area (Å²) in [5.74, 6) is -0.187. The van der Waals surface area contributed by atoms with Gasteiger partial charge in [0.25, 0.3) is 0 Å². The fourth-order valence-corrected chi connectivity index (χ4v) is 2.05. The Labute approximate surface area is 108 Å². The molecule has 0 atom stereocenters. The van der Waals surface area contributed by atoms with Gasteiger partial charge in [-0.25, -0.2) is 0 Å². The maximum Gasteiger partial charge on any atom is 0.307 e. The van der Waals surface area contributed by atoms with E-state index in [1.54, 1.807) is 13.1 Å². The predicted octanol–water partition coefficient (Wildman–Crippen LogP) is 2.75. The van der Waals surface area contributed by atoms with Crippen molar-refractivity contribution in [3.8, 4) is 0 Å². The third kappa shape index (κ3) is 2.85. The molecule has 1 aromatic carbocycles. The van der Waals surface area contributed by atoms with Gasteiger partial charge in [0, 0.05) is 9.86 Å². The number of aromatic nitrogens is 2. The van der Waals surface area contributed by atoms with E-state index in [0.717, 1.165) is 15.4 Å². The number of ether oxygens (including phenoxy) is 1. The number of benzene rings is 1. The average molecular weight is 297 g/mol. The third-order valence-corrected chi connectivity index (χ3v) is 2.93. The Morgan fingerprint density at radius 3 is 3.12 bits per heavy atom. The monoisotopic (exact) mass is 296 g/mol. The van der Waals surface area contributed by atoms with E-state index in [1.807, 2.05) is 22.9 Å². The topological polar surface area (TPSA) is 44.1 Å². The fraction of sp³-hybridized carbons (Fsp3) is 0.333. The summed E-state index contributed by atoms with van der Waals surface area (Å²) in [7, 11) is 0. The lowest BCUT2D eigenvalue weighted by atomic mass is 10.2. The molecule has 4 nitrogen and oxygen atoms in total. The molecule has 0 spiro atoms. The van der Waals surface area contributed by atoms with Crippen LogP contribution in [0.2, 0.25) is 0 Å². The smallest absolute Gasteiger partial charge is 0.307 e. The van der Waals surface area contributed by atoms with Crippen molar-refractivity contribution in [2.24, 2.45) is 0 Å². The van der Waals surface area contributed by atoms with Gasteiger partial charge in [-0.15, -0.1) is 0 Å². The van der Waals surface area contributed by atoms with Crippen molar-refractivity contribution in [3.05, 3.63) is 28.9 Å². The van der Waals surface area contributed by atoms with Crippen molar-refractivity contribution in [2.45, 2.75) is 19.9 Å². The number of hydrogen-bond donors (Lipinski definition) is 0. The van der Waals surface area contributed by atoms with Crippen LogP contribution in [0.25, 0.3) is 10.9 Å². The van der Waals surface area contributed by atoms with Crippen LogP contribution in [0.15, 0.2) is 28.9 Å². The van der Waals surface area contributed by atoms with E-state index in [-0.39, 0.29) is 5.97 Å². The summed E-state index contributed by atoms with van der Waals surface area (Å²) < 4.78 is 7.73. The Morgan fingerprint density at radius 1 is 1.53 bits per heavy atom. The number of rotatable bonds is 4. The van der Waals surface area contributed by atoms with Gasteiger partial charge in [0.15, 0.2) is 0 Å². The number of carbonyl (C=O) groups is 1. The molecule has 0 amide bonds. The minimum Gasteiger partial charge on any atom is -0.466 e. The first kappa shape index (κ1) is 12.1. The summed E-state index contributed by atoms with van der Waals surface area (Å²) >= 11 is 3.41. The Kier molecular flexibility index (Phi) is 3.78. The molecule has 0 radical (unpaired) electrons. The molecule has 5 heteroatoms. The van der Waals surface area contributed by atoms with Crippen LogP contribution in [0.1, 0.15) is 13.3 Å². The number of fused-ring (bicyclic) bond motifs is 1. The van der Waals surface area contributed by atoms with Gasteiger partial charge >= 0.3 is 5.97 Å². The first-order valence-electron chi connectivity index (χ1n) is 5.47. The minimum atomic E-state index is -0.187. The lowest BCUT2D eigenvalue weighted by Crippen LogP contribution is -2.09. The summed E-state index contributed by atoms with van der Waals surface area (Å²) in [4.78, 5) is 11.3. The third-order valence-electron chi connectivity index (χ3n) is 2.44.